The van der Waals surface area contributed by atoms with Gasteiger partial charge in [-0.15, -0.1) is 11.3 Å². The van der Waals surface area contributed by atoms with Crippen LogP contribution in [0.5, 0.6) is 0 Å². The highest BCUT2D eigenvalue weighted by molar-refractivity contribution is 7.26. The molecule has 0 saturated carbocycles. The number of hydrogen-bond donors (Lipinski definition) is 0. The molecule has 0 amide bonds. The van der Waals surface area contributed by atoms with Gasteiger partial charge in [-0.05, 0) is 75.1 Å². The number of nitrogens with zero attached hydrogens (tertiary/aromatic N) is 1. The van der Waals surface area contributed by atoms with Crippen LogP contribution >= 0.6 is 11.3 Å². The SMILES string of the molecule is c1ccc(-c2ccc(N(c3ccccc3)c3cc4sc5cccc6c7ccccc7c(c3)c4c56)cc2)cc1. The predicted molar refractivity (Wildman–Crippen MR) is 166 cm³/mol. The molecular formula is C36H23NS. The third-order valence-electron chi connectivity index (χ3n) is 7.60. The molecule has 178 valence electrons. The van der Waals surface area contributed by atoms with Crippen molar-refractivity contribution in [1.82, 2.24) is 0 Å². The molecule has 0 aliphatic rings. The molecule has 0 unspecified atom stereocenters. The van der Waals surface area contributed by atoms with E-state index in [1.807, 2.05) is 11.3 Å². The topological polar surface area (TPSA) is 3.24 Å². The van der Waals surface area contributed by atoms with Crippen molar-refractivity contribution in [3.63, 3.8) is 0 Å². The minimum Gasteiger partial charge on any atom is -0.310 e. The van der Waals surface area contributed by atoms with Crippen LogP contribution in [0.15, 0.2) is 140 Å². The highest BCUT2D eigenvalue weighted by atomic mass is 32.1. The molecule has 7 aromatic carbocycles. The molecule has 0 aliphatic carbocycles. The molecule has 0 N–H and O–H groups in total. The monoisotopic (exact) mass is 501 g/mol. The quantitative estimate of drug-likeness (QED) is 0.217. The maximum atomic E-state index is 2.39. The molecule has 1 heterocycles. The van der Waals surface area contributed by atoms with Gasteiger partial charge in [0.25, 0.3) is 0 Å². The Kier molecular flexibility index (Phi) is 4.76. The first-order valence-electron chi connectivity index (χ1n) is 12.9. The van der Waals surface area contributed by atoms with Gasteiger partial charge in [0.15, 0.2) is 0 Å². The van der Waals surface area contributed by atoms with Crippen molar-refractivity contribution >= 4 is 70.1 Å². The number of thiophene rings is 1. The zero-order valence-electron chi connectivity index (χ0n) is 20.6. The first kappa shape index (κ1) is 21.4. The van der Waals surface area contributed by atoms with Gasteiger partial charge in [-0.3, -0.25) is 0 Å². The smallest absolute Gasteiger partial charge is 0.0482 e. The predicted octanol–water partition coefficient (Wildman–Crippen LogP) is 10.9. The van der Waals surface area contributed by atoms with Gasteiger partial charge in [-0.1, -0.05) is 97.1 Å². The summed E-state index contributed by atoms with van der Waals surface area (Å²) in [5.74, 6) is 0. The summed E-state index contributed by atoms with van der Waals surface area (Å²) in [7, 11) is 0. The molecule has 0 spiro atoms. The second-order valence-electron chi connectivity index (χ2n) is 9.78. The summed E-state index contributed by atoms with van der Waals surface area (Å²) in [6.07, 6.45) is 0. The number of benzene rings is 7. The van der Waals surface area contributed by atoms with Gasteiger partial charge in [0.1, 0.15) is 0 Å². The van der Waals surface area contributed by atoms with E-state index in [1.54, 1.807) is 0 Å². The Morgan fingerprint density at radius 3 is 1.71 bits per heavy atom. The molecule has 0 atom stereocenters. The van der Waals surface area contributed by atoms with E-state index in [0.717, 1.165) is 11.4 Å². The molecule has 0 aliphatic heterocycles. The maximum absolute atomic E-state index is 2.39. The summed E-state index contributed by atoms with van der Waals surface area (Å²) in [5, 5.41) is 8.08. The molecule has 2 heteroatoms. The van der Waals surface area contributed by atoms with Crippen molar-refractivity contribution in [2.75, 3.05) is 4.90 Å². The van der Waals surface area contributed by atoms with Crippen LogP contribution in [0.3, 0.4) is 0 Å². The average molecular weight is 502 g/mol. The lowest BCUT2D eigenvalue weighted by atomic mass is 9.94. The second kappa shape index (κ2) is 8.44. The van der Waals surface area contributed by atoms with Crippen molar-refractivity contribution < 1.29 is 0 Å². The Morgan fingerprint density at radius 1 is 0.368 bits per heavy atom. The van der Waals surface area contributed by atoms with E-state index in [2.05, 4.69) is 144 Å². The van der Waals surface area contributed by atoms with Gasteiger partial charge in [-0.2, -0.15) is 0 Å². The van der Waals surface area contributed by atoms with Crippen LogP contribution in [0.2, 0.25) is 0 Å². The fourth-order valence-electron chi connectivity index (χ4n) is 5.91. The maximum Gasteiger partial charge on any atom is 0.0482 e. The van der Waals surface area contributed by atoms with Crippen LogP contribution in [-0.4, -0.2) is 0 Å². The number of anilines is 3. The van der Waals surface area contributed by atoms with E-state index < -0.39 is 0 Å². The highest BCUT2D eigenvalue weighted by Gasteiger charge is 2.20. The second-order valence-corrected chi connectivity index (χ2v) is 10.9. The van der Waals surface area contributed by atoms with Gasteiger partial charge < -0.3 is 4.90 Å². The summed E-state index contributed by atoms with van der Waals surface area (Å²) in [4.78, 5) is 2.38. The van der Waals surface area contributed by atoms with Gasteiger partial charge >= 0.3 is 0 Å². The Balaban J connectivity index is 1.39. The van der Waals surface area contributed by atoms with Crippen LogP contribution in [0.4, 0.5) is 17.1 Å². The minimum atomic E-state index is 1.15. The lowest BCUT2D eigenvalue weighted by molar-refractivity contribution is 1.29. The normalized spacial score (nSPS) is 11.7. The van der Waals surface area contributed by atoms with E-state index in [9.17, 15) is 0 Å². The fraction of sp³-hybridized carbons (Fsp3) is 0. The Hall–Kier alpha value is -4.66. The highest BCUT2D eigenvalue weighted by Crippen LogP contribution is 2.48. The van der Waals surface area contributed by atoms with E-state index in [-0.39, 0.29) is 0 Å². The van der Waals surface area contributed by atoms with Crippen LogP contribution in [-0.2, 0) is 0 Å². The summed E-state index contributed by atoms with van der Waals surface area (Å²) in [5.41, 5.74) is 5.93. The van der Waals surface area contributed by atoms with E-state index in [4.69, 9.17) is 0 Å². The zero-order valence-corrected chi connectivity index (χ0v) is 21.5. The van der Waals surface area contributed by atoms with Crippen molar-refractivity contribution in [3.05, 3.63) is 140 Å². The number of para-hydroxylation sites is 1. The van der Waals surface area contributed by atoms with Crippen molar-refractivity contribution in [1.29, 1.82) is 0 Å². The molecular weight excluding hydrogens is 478 g/mol. The summed E-state index contributed by atoms with van der Waals surface area (Å²) in [6, 6.07) is 50.5. The Bertz CT molecular complexity index is 2060. The van der Waals surface area contributed by atoms with Crippen LogP contribution < -0.4 is 4.90 Å². The Morgan fingerprint density at radius 2 is 0.947 bits per heavy atom. The molecule has 0 radical (unpaired) electrons. The number of fused-ring (bicyclic) bond motifs is 3. The largest absolute Gasteiger partial charge is 0.310 e. The first-order valence-corrected chi connectivity index (χ1v) is 13.8. The van der Waals surface area contributed by atoms with Crippen LogP contribution in [0, 0.1) is 0 Å². The van der Waals surface area contributed by atoms with E-state index >= 15 is 0 Å². The molecule has 38 heavy (non-hydrogen) atoms. The third-order valence-corrected chi connectivity index (χ3v) is 8.70. The number of hydrogen-bond acceptors (Lipinski definition) is 2. The van der Waals surface area contributed by atoms with Gasteiger partial charge in [0.2, 0.25) is 0 Å². The molecule has 1 nitrogen and oxygen atoms in total. The Labute approximate surface area is 225 Å². The molecule has 8 rings (SSSR count). The minimum absolute atomic E-state index is 1.15. The number of rotatable bonds is 4. The first-order chi connectivity index (χ1) is 18.8. The van der Waals surface area contributed by atoms with E-state index in [1.165, 1.54) is 58.5 Å². The molecule has 8 aromatic rings. The van der Waals surface area contributed by atoms with Crippen LogP contribution in [0.25, 0.3) is 52.8 Å². The van der Waals surface area contributed by atoms with Gasteiger partial charge in [0, 0.05) is 37.2 Å². The van der Waals surface area contributed by atoms with Crippen molar-refractivity contribution in [2.45, 2.75) is 0 Å². The molecule has 0 saturated heterocycles. The van der Waals surface area contributed by atoms with Crippen molar-refractivity contribution in [3.8, 4) is 11.1 Å². The third kappa shape index (κ3) is 3.24. The summed E-state index contributed by atoms with van der Waals surface area (Å²) >= 11 is 1.90. The lowest BCUT2D eigenvalue weighted by Gasteiger charge is -2.26. The van der Waals surface area contributed by atoms with Crippen molar-refractivity contribution in [2.24, 2.45) is 0 Å². The molecule has 1 aromatic heterocycles. The fourth-order valence-corrected chi connectivity index (χ4v) is 7.10. The van der Waals surface area contributed by atoms with E-state index in [0.29, 0.717) is 0 Å². The van der Waals surface area contributed by atoms with Crippen LogP contribution in [0.1, 0.15) is 0 Å². The average Bonchev–Trinajstić information content (AvgIpc) is 3.37. The zero-order chi connectivity index (χ0) is 25.1. The lowest BCUT2D eigenvalue weighted by Crippen LogP contribution is -2.09. The van der Waals surface area contributed by atoms with Gasteiger partial charge in [-0.25, -0.2) is 0 Å². The van der Waals surface area contributed by atoms with Gasteiger partial charge in [0.05, 0.1) is 0 Å². The molecule has 0 fully saturated rings. The summed E-state index contributed by atoms with van der Waals surface area (Å²) < 4.78 is 2.68. The standard InChI is InChI=1S/C36H23NS/c1-3-10-24(11-4-1)25-18-20-27(21-19-25)37(26-12-5-2-6-13-26)28-22-32-30-15-8-7-14-29(30)31-16-9-17-33-35(31)36(32)34(23-28)38-33/h1-23H. The molecule has 0 bridgehead atoms. The summed E-state index contributed by atoms with van der Waals surface area (Å²) in [6.45, 7) is 0.